The first-order chi connectivity index (χ1) is 14.8. The molecule has 5 fully saturated rings. The minimum Gasteiger partial charge on any atom is -0.356 e. The third-order valence-corrected chi connectivity index (χ3v) is 7.70. The van der Waals surface area contributed by atoms with E-state index in [-0.39, 0.29) is 0 Å². The van der Waals surface area contributed by atoms with Crippen molar-refractivity contribution in [2.75, 3.05) is 42.9 Å². The fraction of sp³-hybridized carbons (Fsp3) is 0.625. The van der Waals surface area contributed by atoms with Gasteiger partial charge < -0.3 is 15.1 Å². The Hall–Kier alpha value is -2.21. The summed E-state index contributed by atoms with van der Waals surface area (Å²) >= 11 is 0. The quantitative estimate of drug-likeness (QED) is 0.761. The summed E-state index contributed by atoms with van der Waals surface area (Å²) in [6.45, 7) is 6.04. The Bertz CT molecular complexity index is 935. The molecule has 4 heterocycles. The molecule has 0 aromatic carbocycles. The summed E-state index contributed by atoms with van der Waals surface area (Å²) in [5, 5.41) is 3.45. The molecule has 2 aromatic heterocycles. The van der Waals surface area contributed by atoms with Crippen molar-refractivity contribution >= 4 is 17.5 Å². The maximum Gasteiger partial charge on any atom is 0.150 e. The Morgan fingerprint density at radius 1 is 0.867 bits per heavy atom. The van der Waals surface area contributed by atoms with Crippen LogP contribution in [0.15, 0.2) is 24.5 Å². The summed E-state index contributed by atoms with van der Waals surface area (Å²) in [7, 11) is 0. The molecule has 3 saturated carbocycles. The van der Waals surface area contributed by atoms with E-state index in [2.05, 4.69) is 37.2 Å². The van der Waals surface area contributed by atoms with Crippen molar-refractivity contribution < 1.29 is 0 Å². The van der Waals surface area contributed by atoms with Crippen molar-refractivity contribution in [1.29, 1.82) is 0 Å². The number of likely N-dealkylation sites (tertiary alicyclic amines) is 1. The molecule has 2 unspecified atom stereocenters. The van der Waals surface area contributed by atoms with Crippen LogP contribution in [0.5, 0.6) is 0 Å². The molecule has 156 valence electrons. The number of nitrogens with one attached hydrogen (secondary N) is 1. The molecule has 2 aromatic rings. The number of piperidine rings is 1. The second-order valence-corrected chi connectivity index (χ2v) is 10.4. The molecule has 2 saturated heterocycles. The Kier molecular flexibility index (Phi) is 3.87. The second-order valence-electron chi connectivity index (χ2n) is 10.4. The van der Waals surface area contributed by atoms with Gasteiger partial charge in [0.25, 0.3) is 0 Å². The Balaban J connectivity index is 1.12. The molecular formula is C24H30N6. The first-order valence-electron chi connectivity index (χ1n) is 11.8. The Morgan fingerprint density at radius 2 is 1.70 bits per heavy atom. The van der Waals surface area contributed by atoms with E-state index in [1.54, 1.807) is 0 Å². The van der Waals surface area contributed by atoms with Gasteiger partial charge in [-0.05, 0) is 67.6 Å². The summed E-state index contributed by atoms with van der Waals surface area (Å²) in [4.78, 5) is 19.3. The SMILES string of the molecule is c1nc(C2CC2)cnc1Nc1cc(C2CN(CC3CC3)C2)cc(N2CC3CC3C2)n1. The lowest BCUT2D eigenvalue weighted by Gasteiger charge is -2.40. The topological polar surface area (TPSA) is 57.2 Å². The summed E-state index contributed by atoms with van der Waals surface area (Å²) in [5.74, 6) is 6.91. The van der Waals surface area contributed by atoms with Gasteiger partial charge in [-0.1, -0.05) is 0 Å². The average molecular weight is 403 g/mol. The van der Waals surface area contributed by atoms with Crippen LogP contribution in [0, 0.1) is 17.8 Å². The van der Waals surface area contributed by atoms with Crippen LogP contribution in [-0.4, -0.2) is 52.6 Å². The van der Waals surface area contributed by atoms with Crippen LogP contribution in [-0.2, 0) is 0 Å². The fourth-order valence-electron chi connectivity index (χ4n) is 5.30. The molecule has 0 amide bonds. The maximum atomic E-state index is 4.99. The maximum absolute atomic E-state index is 4.99. The zero-order chi connectivity index (χ0) is 19.7. The zero-order valence-corrected chi connectivity index (χ0v) is 17.5. The van der Waals surface area contributed by atoms with Crippen molar-refractivity contribution in [1.82, 2.24) is 19.9 Å². The van der Waals surface area contributed by atoms with Gasteiger partial charge in [0.1, 0.15) is 17.5 Å². The predicted molar refractivity (Wildman–Crippen MR) is 117 cm³/mol. The largest absolute Gasteiger partial charge is 0.356 e. The smallest absolute Gasteiger partial charge is 0.150 e. The van der Waals surface area contributed by atoms with E-state index in [0.717, 1.165) is 40.9 Å². The standard InChI is InChI=1S/C24H30N6/c1-2-15(1)10-29-11-20(12-29)17-6-22(27-23-9-25-21(8-26-23)16-3-4-16)28-24(7-17)30-13-18-5-19(18)14-30/h6-9,15-16,18-20H,1-5,10-14H2,(H,26,27,28). The molecule has 1 N–H and O–H groups in total. The van der Waals surface area contributed by atoms with Crippen molar-refractivity contribution in [3.8, 4) is 0 Å². The van der Waals surface area contributed by atoms with E-state index in [0.29, 0.717) is 11.8 Å². The number of hydrogen-bond donors (Lipinski definition) is 1. The van der Waals surface area contributed by atoms with Crippen LogP contribution in [0.4, 0.5) is 17.5 Å². The van der Waals surface area contributed by atoms with Gasteiger partial charge in [-0.3, -0.25) is 4.98 Å². The van der Waals surface area contributed by atoms with Gasteiger partial charge in [0.15, 0.2) is 0 Å². The lowest BCUT2D eigenvalue weighted by molar-refractivity contribution is 0.141. The lowest BCUT2D eigenvalue weighted by atomic mass is 9.91. The zero-order valence-electron chi connectivity index (χ0n) is 17.5. The molecule has 0 bridgehead atoms. The first kappa shape index (κ1) is 17.5. The molecule has 0 spiro atoms. The van der Waals surface area contributed by atoms with Gasteiger partial charge in [-0.25, -0.2) is 9.97 Å². The summed E-state index contributed by atoms with van der Waals surface area (Å²) in [6.07, 6.45) is 10.6. The Morgan fingerprint density at radius 3 is 2.40 bits per heavy atom. The van der Waals surface area contributed by atoms with Gasteiger partial charge >= 0.3 is 0 Å². The third kappa shape index (κ3) is 3.45. The highest BCUT2D eigenvalue weighted by Crippen LogP contribution is 2.46. The van der Waals surface area contributed by atoms with Crippen molar-refractivity contribution in [3.63, 3.8) is 0 Å². The predicted octanol–water partition coefficient (Wildman–Crippen LogP) is 3.76. The van der Waals surface area contributed by atoms with Crippen LogP contribution in [0.25, 0.3) is 0 Å². The monoisotopic (exact) mass is 402 g/mol. The molecule has 2 aliphatic heterocycles. The van der Waals surface area contributed by atoms with E-state index >= 15 is 0 Å². The summed E-state index contributed by atoms with van der Waals surface area (Å²) < 4.78 is 0. The molecule has 0 radical (unpaired) electrons. The number of hydrogen-bond acceptors (Lipinski definition) is 6. The van der Waals surface area contributed by atoms with E-state index in [4.69, 9.17) is 4.98 Å². The normalized spacial score (nSPS) is 28.3. The third-order valence-electron chi connectivity index (χ3n) is 7.70. The van der Waals surface area contributed by atoms with Crippen LogP contribution in [0.1, 0.15) is 55.2 Å². The minimum atomic E-state index is 0.631. The van der Waals surface area contributed by atoms with Crippen molar-refractivity contribution in [2.45, 2.75) is 43.9 Å². The Labute approximate surface area is 178 Å². The highest BCUT2D eigenvalue weighted by atomic mass is 15.2. The van der Waals surface area contributed by atoms with Crippen LogP contribution >= 0.6 is 0 Å². The minimum absolute atomic E-state index is 0.631. The average Bonchev–Trinajstić information content (AvgIpc) is 3.62. The molecule has 6 heteroatoms. The van der Waals surface area contributed by atoms with Gasteiger partial charge in [-0.2, -0.15) is 0 Å². The highest BCUT2D eigenvalue weighted by molar-refractivity contribution is 5.58. The van der Waals surface area contributed by atoms with E-state index in [1.165, 1.54) is 70.4 Å². The van der Waals surface area contributed by atoms with E-state index in [1.807, 2.05) is 12.4 Å². The first-order valence-corrected chi connectivity index (χ1v) is 11.8. The van der Waals surface area contributed by atoms with Gasteiger partial charge in [0.2, 0.25) is 0 Å². The van der Waals surface area contributed by atoms with Gasteiger partial charge in [0, 0.05) is 44.6 Å². The molecule has 7 rings (SSSR count). The molecule has 2 atom stereocenters. The fourth-order valence-corrected chi connectivity index (χ4v) is 5.30. The van der Waals surface area contributed by atoms with E-state index < -0.39 is 0 Å². The number of rotatable bonds is 7. The molecule has 5 aliphatic rings. The summed E-state index contributed by atoms with van der Waals surface area (Å²) in [5.41, 5.74) is 2.56. The molecular weight excluding hydrogens is 372 g/mol. The lowest BCUT2D eigenvalue weighted by Crippen LogP contribution is -2.45. The number of aromatic nitrogens is 3. The van der Waals surface area contributed by atoms with Crippen LogP contribution < -0.4 is 10.2 Å². The second kappa shape index (κ2) is 6.64. The van der Waals surface area contributed by atoms with Crippen molar-refractivity contribution in [3.05, 3.63) is 35.8 Å². The number of fused-ring (bicyclic) bond motifs is 1. The van der Waals surface area contributed by atoms with Crippen molar-refractivity contribution in [2.24, 2.45) is 17.8 Å². The number of anilines is 3. The molecule has 3 aliphatic carbocycles. The molecule has 6 nitrogen and oxygen atoms in total. The summed E-state index contributed by atoms with van der Waals surface area (Å²) in [6, 6.07) is 4.60. The van der Waals surface area contributed by atoms with Gasteiger partial charge in [-0.15, -0.1) is 0 Å². The van der Waals surface area contributed by atoms with Crippen LogP contribution in [0.2, 0.25) is 0 Å². The van der Waals surface area contributed by atoms with E-state index in [9.17, 15) is 0 Å². The highest BCUT2D eigenvalue weighted by Gasteiger charge is 2.45. The number of nitrogens with zero attached hydrogens (tertiary/aromatic N) is 5. The number of pyridine rings is 1. The van der Waals surface area contributed by atoms with Crippen LogP contribution in [0.3, 0.4) is 0 Å². The van der Waals surface area contributed by atoms with Gasteiger partial charge in [0.05, 0.1) is 18.1 Å². The molecule has 30 heavy (non-hydrogen) atoms.